The number of rotatable bonds is 12. The van der Waals surface area contributed by atoms with Crippen LogP contribution in [0.2, 0.25) is 0 Å². The molecule has 1 saturated carbocycles. The van der Waals surface area contributed by atoms with Crippen molar-refractivity contribution in [1.29, 1.82) is 0 Å². The van der Waals surface area contributed by atoms with E-state index in [2.05, 4.69) is 39.1 Å². The van der Waals surface area contributed by atoms with Gasteiger partial charge in [0.05, 0.1) is 18.1 Å². The Bertz CT molecular complexity index is 1310. The van der Waals surface area contributed by atoms with Gasteiger partial charge < -0.3 is 15.1 Å². The third-order valence-electron chi connectivity index (χ3n) is 8.06. The lowest BCUT2D eigenvalue weighted by Crippen LogP contribution is -2.54. The van der Waals surface area contributed by atoms with Crippen LogP contribution in [0.3, 0.4) is 0 Å². The van der Waals surface area contributed by atoms with Crippen LogP contribution in [0, 0.1) is 5.82 Å². The van der Waals surface area contributed by atoms with Crippen LogP contribution in [-0.2, 0) is 4.79 Å². The van der Waals surface area contributed by atoms with Gasteiger partial charge in [0.1, 0.15) is 11.9 Å². The standard InChI is InChI=1S/C31H38FN7O2/c1-3-15-37(29-22-27(29)23-6-10-25(32)11-7-23)16-4-5-28(31(41)38-20-18-36(2)19-21-38)34-30(40)24-8-12-26(13-9-24)39-17-14-33-35-39/h3,6-14,17,27-29H,1,4-5,15-16,18-22H2,2H3,(H,34,40)/t27-,28-,29?/m0/s1. The van der Waals surface area contributed by atoms with Crippen LogP contribution < -0.4 is 5.32 Å². The molecule has 0 bridgehead atoms. The summed E-state index contributed by atoms with van der Waals surface area (Å²) >= 11 is 0. The molecule has 1 aromatic heterocycles. The molecule has 3 atom stereocenters. The summed E-state index contributed by atoms with van der Waals surface area (Å²) in [6, 6.07) is 13.6. The van der Waals surface area contributed by atoms with Gasteiger partial charge in [-0.1, -0.05) is 23.4 Å². The predicted molar refractivity (Wildman–Crippen MR) is 155 cm³/mol. The Kier molecular flexibility index (Phi) is 9.21. The van der Waals surface area contributed by atoms with Crippen molar-refractivity contribution in [2.24, 2.45) is 0 Å². The van der Waals surface area contributed by atoms with E-state index < -0.39 is 6.04 Å². The molecular weight excluding hydrogens is 521 g/mol. The monoisotopic (exact) mass is 559 g/mol. The minimum atomic E-state index is -0.612. The van der Waals surface area contributed by atoms with Crippen molar-refractivity contribution in [2.45, 2.75) is 37.3 Å². The van der Waals surface area contributed by atoms with Crippen LogP contribution in [0.25, 0.3) is 5.69 Å². The molecule has 2 heterocycles. The van der Waals surface area contributed by atoms with Crippen molar-refractivity contribution in [3.05, 3.63) is 90.5 Å². The molecule has 3 aromatic rings. The number of carbonyl (C=O) groups excluding carboxylic acids is 2. The average Bonchev–Trinajstić information content (AvgIpc) is 3.59. The van der Waals surface area contributed by atoms with E-state index in [1.54, 1.807) is 41.3 Å². The Morgan fingerprint density at radius 1 is 1.12 bits per heavy atom. The smallest absolute Gasteiger partial charge is 0.251 e. The molecule has 9 nitrogen and oxygen atoms in total. The summed E-state index contributed by atoms with van der Waals surface area (Å²) in [7, 11) is 2.05. The maximum absolute atomic E-state index is 13.6. The van der Waals surface area contributed by atoms with Gasteiger partial charge in [-0.05, 0) is 74.8 Å². The van der Waals surface area contributed by atoms with E-state index in [4.69, 9.17) is 0 Å². The number of piperazine rings is 1. The molecule has 1 aliphatic carbocycles. The third kappa shape index (κ3) is 7.25. The lowest BCUT2D eigenvalue weighted by Gasteiger charge is -2.35. The van der Waals surface area contributed by atoms with Crippen LogP contribution in [0.15, 0.2) is 73.6 Å². The Morgan fingerprint density at radius 2 is 1.85 bits per heavy atom. The summed E-state index contributed by atoms with van der Waals surface area (Å²) in [6.07, 6.45) is 7.53. The lowest BCUT2D eigenvalue weighted by molar-refractivity contribution is -0.135. The van der Waals surface area contributed by atoms with Crippen LogP contribution in [0.5, 0.6) is 0 Å². The molecule has 1 aliphatic heterocycles. The van der Waals surface area contributed by atoms with Crippen molar-refractivity contribution >= 4 is 11.8 Å². The Morgan fingerprint density at radius 3 is 2.51 bits per heavy atom. The SMILES string of the molecule is C=CCN(CCC[C@H](NC(=O)c1ccc(-n2ccnn2)cc1)C(=O)N1CCN(C)CC1)C1C[C@H]1c1ccc(F)cc1. The fraction of sp³-hybridized carbons (Fsp3) is 0.419. The first-order valence-corrected chi connectivity index (χ1v) is 14.3. The highest BCUT2D eigenvalue weighted by molar-refractivity contribution is 5.97. The number of benzene rings is 2. The average molecular weight is 560 g/mol. The van der Waals surface area contributed by atoms with Gasteiger partial charge in [-0.15, -0.1) is 11.7 Å². The van der Waals surface area contributed by atoms with Crippen LogP contribution in [-0.4, -0.2) is 99.9 Å². The van der Waals surface area contributed by atoms with E-state index in [1.165, 1.54) is 12.1 Å². The minimum Gasteiger partial charge on any atom is -0.340 e. The number of likely N-dealkylation sites (N-methyl/N-ethyl adjacent to an activating group) is 1. The third-order valence-corrected chi connectivity index (χ3v) is 8.06. The fourth-order valence-corrected chi connectivity index (χ4v) is 5.57. The van der Waals surface area contributed by atoms with Gasteiger partial charge in [0.25, 0.3) is 5.91 Å². The number of carbonyl (C=O) groups is 2. The molecule has 0 spiro atoms. The molecule has 0 radical (unpaired) electrons. The molecule has 2 aromatic carbocycles. The van der Waals surface area contributed by atoms with E-state index in [-0.39, 0.29) is 17.6 Å². The first kappa shape index (κ1) is 28.6. The van der Waals surface area contributed by atoms with E-state index in [1.807, 2.05) is 23.1 Å². The van der Waals surface area contributed by atoms with Gasteiger partial charge in [0.2, 0.25) is 5.91 Å². The summed E-state index contributed by atoms with van der Waals surface area (Å²) in [5.74, 6) is -0.155. The van der Waals surface area contributed by atoms with Crippen LogP contribution in [0.4, 0.5) is 4.39 Å². The highest BCUT2D eigenvalue weighted by Gasteiger charge is 2.42. The molecule has 1 saturated heterocycles. The molecule has 2 aliphatic rings. The van der Waals surface area contributed by atoms with Gasteiger partial charge in [0.15, 0.2) is 0 Å². The predicted octanol–water partition coefficient (Wildman–Crippen LogP) is 3.10. The molecule has 5 rings (SSSR count). The Labute approximate surface area is 240 Å². The lowest BCUT2D eigenvalue weighted by atomic mass is 10.1. The number of halogens is 1. The molecule has 1 unspecified atom stereocenters. The second kappa shape index (κ2) is 13.2. The van der Waals surface area contributed by atoms with E-state index in [0.29, 0.717) is 37.0 Å². The van der Waals surface area contributed by atoms with E-state index in [0.717, 1.165) is 50.3 Å². The highest BCUT2D eigenvalue weighted by Crippen LogP contribution is 2.44. The first-order chi connectivity index (χ1) is 19.9. The zero-order valence-corrected chi connectivity index (χ0v) is 23.5. The number of nitrogens with zero attached hydrogens (tertiary/aromatic N) is 6. The largest absolute Gasteiger partial charge is 0.340 e. The van der Waals surface area contributed by atoms with Gasteiger partial charge in [-0.25, -0.2) is 9.07 Å². The Balaban J connectivity index is 1.22. The number of amides is 2. The van der Waals surface area contributed by atoms with Crippen molar-refractivity contribution in [3.63, 3.8) is 0 Å². The van der Waals surface area contributed by atoms with Gasteiger partial charge >= 0.3 is 0 Å². The van der Waals surface area contributed by atoms with Crippen LogP contribution >= 0.6 is 0 Å². The maximum Gasteiger partial charge on any atom is 0.251 e. The number of hydrogen-bond acceptors (Lipinski definition) is 6. The number of hydrogen-bond donors (Lipinski definition) is 1. The maximum atomic E-state index is 13.6. The van der Waals surface area contributed by atoms with Crippen molar-refractivity contribution in [2.75, 3.05) is 46.3 Å². The zero-order chi connectivity index (χ0) is 28.8. The molecule has 2 fully saturated rings. The van der Waals surface area contributed by atoms with Gasteiger partial charge in [-0.2, -0.15) is 0 Å². The first-order valence-electron chi connectivity index (χ1n) is 14.3. The fourth-order valence-electron chi connectivity index (χ4n) is 5.57. The Hall–Kier alpha value is -3.89. The van der Waals surface area contributed by atoms with Crippen molar-refractivity contribution in [1.82, 2.24) is 35.0 Å². The van der Waals surface area contributed by atoms with Crippen molar-refractivity contribution < 1.29 is 14.0 Å². The number of nitrogens with one attached hydrogen (secondary N) is 1. The molecular formula is C31H38FN7O2. The number of aromatic nitrogens is 3. The summed E-state index contributed by atoms with van der Waals surface area (Å²) in [6.45, 7) is 8.39. The van der Waals surface area contributed by atoms with Gasteiger partial charge in [0, 0.05) is 50.2 Å². The summed E-state index contributed by atoms with van der Waals surface area (Å²) in [5.41, 5.74) is 2.43. The van der Waals surface area contributed by atoms with E-state index in [9.17, 15) is 14.0 Å². The second-order valence-electron chi connectivity index (χ2n) is 10.9. The van der Waals surface area contributed by atoms with Crippen LogP contribution in [0.1, 0.15) is 41.1 Å². The summed E-state index contributed by atoms with van der Waals surface area (Å²) in [4.78, 5) is 33.3. The molecule has 216 valence electrons. The normalized spacial score (nSPS) is 19.6. The molecule has 10 heteroatoms. The van der Waals surface area contributed by atoms with E-state index >= 15 is 0 Å². The molecule has 41 heavy (non-hydrogen) atoms. The zero-order valence-electron chi connectivity index (χ0n) is 23.5. The minimum absolute atomic E-state index is 0.0310. The highest BCUT2D eigenvalue weighted by atomic mass is 19.1. The molecule has 2 amide bonds. The second-order valence-corrected chi connectivity index (χ2v) is 10.9. The summed E-state index contributed by atoms with van der Waals surface area (Å²) in [5, 5.41) is 10.8. The quantitative estimate of drug-likeness (QED) is 0.343. The van der Waals surface area contributed by atoms with Crippen molar-refractivity contribution in [3.8, 4) is 5.69 Å². The van der Waals surface area contributed by atoms with Gasteiger partial charge in [-0.3, -0.25) is 14.5 Å². The summed E-state index contributed by atoms with van der Waals surface area (Å²) < 4.78 is 15.0. The topological polar surface area (TPSA) is 86.6 Å². The molecule has 1 N–H and O–H groups in total.